The van der Waals surface area contributed by atoms with Crippen LogP contribution < -0.4 is 10.6 Å². The van der Waals surface area contributed by atoms with Gasteiger partial charge in [0.15, 0.2) is 0 Å². The fourth-order valence-electron chi connectivity index (χ4n) is 4.51. The van der Waals surface area contributed by atoms with E-state index in [1.54, 1.807) is 25.7 Å². The van der Waals surface area contributed by atoms with Crippen molar-refractivity contribution >= 4 is 29.7 Å². The summed E-state index contributed by atoms with van der Waals surface area (Å²) in [7, 11) is 0. The zero-order valence-corrected chi connectivity index (χ0v) is 23.6. The third-order valence-corrected chi connectivity index (χ3v) is 6.45. The lowest BCUT2D eigenvalue weighted by Crippen LogP contribution is -2.51. The van der Waals surface area contributed by atoms with Gasteiger partial charge in [-0.1, -0.05) is 64.0 Å². The highest BCUT2D eigenvalue weighted by atomic mass is 16.6. The van der Waals surface area contributed by atoms with Gasteiger partial charge in [-0.3, -0.25) is 10.1 Å². The van der Waals surface area contributed by atoms with Crippen LogP contribution in [-0.2, 0) is 16.0 Å². The molecule has 212 valence electrons. The van der Waals surface area contributed by atoms with Gasteiger partial charge in [0.25, 0.3) is 0 Å². The Kier molecular flexibility index (Phi) is 13.1. The minimum absolute atomic E-state index is 0.130. The summed E-state index contributed by atoms with van der Waals surface area (Å²) in [6.07, 6.45) is 10.5. The van der Waals surface area contributed by atoms with Crippen LogP contribution in [0.25, 0.3) is 0 Å². The van der Waals surface area contributed by atoms with Crippen LogP contribution in [0, 0.1) is 5.92 Å². The Hall–Kier alpha value is -3.10. The van der Waals surface area contributed by atoms with Gasteiger partial charge in [-0.25, -0.2) is 9.59 Å². The molecule has 3 N–H and O–H groups in total. The summed E-state index contributed by atoms with van der Waals surface area (Å²) in [4.78, 5) is 41.6. The molecular formula is C29H46N4O5. The summed E-state index contributed by atoms with van der Waals surface area (Å²) in [6.45, 7) is 8.09. The molecule has 0 saturated carbocycles. The third-order valence-electron chi connectivity index (χ3n) is 6.45. The molecular weight excluding hydrogens is 484 g/mol. The number of guanidine groups is 1. The van der Waals surface area contributed by atoms with Crippen molar-refractivity contribution in [3.8, 4) is 0 Å². The van der Waals surface area contributed by atoms with Gasteiger partial charge in [-0.2, -0.15) is 0 Å². The number of likely N-dealkylation sites (tertiary alicyclic amines) is 1. The molecule has 1 aromatic carbocycles. The number of anilines is 1. The van der Waals surface area contributed by atoms with Crippen molar-refractivity contribution in [3.05, 3.63) is 29.8 Å². The number of amides is 3. The van der Waals surface area contributed by atoms with Crippen LogP contribution in [0.1, 0.15) is 97.5 Å². The van der Waals surface area contributed by atoms with Crippen LogP contribution >= 0.6 is 0 Å². The summed E-state index contributed by atoms with van der Waals surface area (Å²) in [6, 6.07) is 7.98. The lowest BCUT2D eigenvalue weighted by Gasteiger charge is -2.34. The van der Waals surface area contributed by atoms with Gasteiger partial charge in [0.1, 0.15) is 5.60 Å². The summed E-state index contributed by atoms with van der Waals surface area (Å²) in [5.74, 6) is -0.646. The van der Waals surface area contributed by atoms with E-state index in [1.165, 1.54) is 56.9 Å². The van der Waals surface area contributed by atoms with Crippen molar-refractivity contribution in [3.63, 3.8) is 0 Å². The Bertz CT molecular complexity index is 924. The van der Waals surface area contributed by atoms with E-state index in [-0.39, 0.29) is 24.3 Å². The number of rotatable bonds is 11. The highest BCUT2D eigenvalue weighted by Gasteiger charge is 2.29. The first-order valence-electron chi connectivity index (χ1n) is 14.0. The van der Waals surface area contributed by atoms with E-state index < -0.39 is 17.8 Å². The lowest BCUT2D eigenvalue weighted by molar-refractivity contribution is -0.121. The Labute approximate surface area is 227 Å². The number of nitrogens with zero attached hydrogens (tertiary/aromatic N) is 2. The number of carbonyl (C=O) groups excluding carboxylic acids is 2. The molecule has 1 aliphatic rings. The van der Waals surface area contributed by atoms with Crippen molar-refractivity contribution in [2.45, 2.75) is 104 Å². The number of carboxylic acid groups (broad SMARTS) is 1. The van der Waals surface area contributed by atoms with Crippen molar-refractivity contribution < 1.29 is 24.2 Å². The average Bonchev–Trinajstić information content (AvgIpc) is 2.85. The number of hydrogen-bond acceptors (Lipinski definition) is 4. The molecule has 3 amide bonds. The monoisotopic (exact) mass is 530 g/mol. The number of benzene rings is 1. The molecule has 1 heterocycles. The van der Waals surface area contributed by atoms with E-state index in [0.29, 0.717) is 19.4 Å². The molecule has 0 aromatic heterocycles. The van der Waals surface area contributed by atoms with E-state index in [4.69, 9.17) is 4.74 Å². The number of hydrogen-bond donors (Lipinski definition) is 3. The standard InChI is InChI=1S/C29H46N4O5/c1-5-6-7-8-9-10-11-12-14-22-16-18-24(19-17-22)30-25(34)23-15-13-20-33(21-23)26(31-27(35)36)32-28(37)38-29(2,3)4/h16-19,23H,5-15,20-21H2,1-4H3,(H,30,34)(H,35,36)(H,31,32,37)/t23-/m0/s1. The molecule has 9 nitrogen and oxygen atoms in total. The minimum Gasteiger partial charge on any atom is -0.463 e. The van der Waals surface area contributed by atoms with Crippen molar-refractivity contribution in [2.24, 2.45) is 10.9 Å². The number of piperidine rings is 1. The molecule has 1 saturated heterocycles. The molecule has 0 bridgehead atoms. The predicted molar refractivity (Wildman–Crippen MR) is 151 cm³/mol. The normalized spacial score (nSPS) is 16.2. The Balaban J connectivity index is 1.84. The second-order valence-corrected chi connectivity index (χ2v) is 11.0. The lowest BCUT2D eigenvalue weighted by atomic mass is 9.97. The van der Waals surface area contributed by atoms with E-state index in [9.17, 15) is 19.5 Å². The molecule has 1 fully saturated rings. The number of aliphatic imine (C=N–C) groups is 1. The first kappa shape index (κ1) is 31.1. The fraction of sp³-hybridized carbons (Fsp3) is 0.655. The summed E-state index contributed by atoms with van der Waals surface area (Å²) in [5, 5.41) is 14.6. The van der Waals surface area contributed by atoms with Crippen LogP contribution in [0.3, 0.4) is 0 Å². The summed E-state index contributed by atoms with van der Waals surface area (Å²) in [5.41, 5.74) is 1.25. The van der Waals surface area contributed by atoms with Gasteiger partial charge in [0, 0.05) is 18.8 Å². The molecule has 0 radical (unpaired) electrons. The van der Waals surface area contributed by atoms with Gasteiger partial charge in [0.05, 0.1) is 5.92 Å². The van der Waals surface area contributed by atoms with Crippen LogP contribution in [0.15, 0.2) is 29.3 Å². The molecule has 1 aromatic rings. The first-order valence-corrected chi connectivity index (χ1v) is 14.0. The predicted octanol–water partition coefficient (Wildman–Crippen LogP) is 6.58. The Morgan fingerprint density at radius 3 is 2.26 bits per heavy atom. The largest absolute Gasteiger partial charge is 0.463 e. The maximum absolute atomic E-state index is 13.0. The minimum atomic E-state index is -1.44. The van der Waals surface area contributed by atoms with E-state index in [1.807, 2.05) is 12.1 Å². The van der Waals surface area contributed by atoms with Gasteiger partial charge >= 0.3 is 12.2 Å². The van der Waals surface area contributed by atoms with Gasteiger partial charge in [0.2, 0.25) is 11.9 Å². The molecule has 0 aliphatic carbocycles. The van der Waals surface area contributed by atoms with Crippen LogP contribution in [0.5, 0.6) is 0 Å². The Morgan fingerprint density at radius 2 is 1.66 bits per heavy atom. The highest BCUT2D eigenvalue weighted by Crippen LogP contribution is 2.20. The molecule has 1 aliphatic heterocycles. The molecule has 0 spiro atoms. The number of ether oxygens (including phenoxy) is 1. The van der Waals surface area contributed by atoms with Crippen LogP contribution in [-0.4, -0.2) is 52.8 Å². The quantitative estimate of drug-likeness (QED) is 0.169. The number of unbranched alkanes of at least 4 members (excludes halogenated alkanes) is 7. The second kappa shape index (κ2) is 16.0. The molecule has 9 heteroatoms. The van der Waals surface area contributed by atoms with Crippen molar-refractivity contribution in [1.29, 1.82) is 0 Å². The zero-order chi connectivity index (χ0) is 28.0. The van der Waals surface area contributed by atoms with E-state index in [0.717, 1.165) is 12.1 Å². The molecule has 38 heavy (non-hydrogen) atoms. The number of aryl methyl sites for hydroxylation is 1. The number of carbonyl (C=O) groups is 3. The smallest absolute Gasteiger partial charge is 0.434 e. The van der Waals surface area contributed by atoms with E-state index >= 15 is 0 Å². The maximum Gasteiger partial charge on any atom is 0.434 e. The summed E-state index contributed by atoms with van der Waals surface area (Å²) < 4.78 is 5.23. The average molecular weight is 531 g/mol. The zero-order valence-electron chi connectivity index (χ0n) is 23.6. The molecule has 1 atom stereocenters. The van der Waals surface area contributed by atoms with E-state index in [2.05, 4.69) is 34.7 Å². The maximum atomic E-state index is 13.0. The van der Waals surface area contributed by atoms with Crippen LogP contribution in [0.4, 0.5) is 15.3 Å². The fourth-order valence-corrected chi connectivity index (χ4v) is 4.51. The number of alkyl carbamates (subject to hydrolysis) is 1. The van der Waals surface area contributed by atoms with Gasteiger partial charge in [-0.15, -0.1) is 4.99 Å². The van der Waals surface area contributed by atoms with Crippen molar-refractivity contribution in [2.75, 3.05) is 18.4 Å². The van der Waals surface area contributed by atoms with Gasteiger partial charge in [-0.05, 0) is 64.2 Å². The molecule has 2 rings (SSSR count). The SMILES string of the molecule is CCCCCCCCCCc1ccc(NC(=O)[C@H]2CCCN(C(=NC(=O)O)NC(=O)OC(C)(C)C)C2)cc1. The summed E-state index contributed by atoms with van der Waals surface area (Å²) >= 11 is 0. The topological polar surface area (TPSA) is 120 Å². The first-order chi connectivity index (χ1) is 18.1. The van der Waals surface area contributed by atoms with Gasteiger partial charge < -0.3 is 20.1 Å². The third kappa shape index (κ3) is 12.4. The number of nitrogens with one attached hydrogen (secondary N) is 2. The second-order valence-electron chi connectivity index (χ2n) is 11.0. The van der Waals surface area contributed by atoms with Crippen molar-refractivity contribution in [1.82, 2.24) is 10.2 Å². The molecule has 0 unspecified atom stereocenters. The highest BCUT2D eigenvalue weighted by molar-refractivity contribution is 5.99. The Morgan fingerprint density at radius 1 is 1.03 bits per heavy atom. The van der Waals surface area contributed by atoms with Crippen LogP contribution in [0.2, 0.25) is 0 Å².